The lowest BCUT2D eigenvalue weighted by Crippen LogP contribution is -2.22. The zero-order valence-electron chi connectivity index (χ0n) is 17.9. The predicted molar refractivity (Wildman–Crippen MR) is 129 cm³/mol. The van der Waals surface area contributed by atoms with Crippen molar-refractivity contribution in [3.05, 3.63) is 74.9 Å². The summed E-state index contributed by atoms with van der Waals surface area (Å²) >= 11 is 3.42. The Kier molecular flexibility index (Phi) is 6.50. The van der Waals surface area contributed by atoms with Crippen molar-refractivity contribution >= 4 is 49.9 Å². The molecule has 0 N–H and O–H groups in total. The summed E-state index contributed by atoms with van der Waals surface area (Å²) in [5.41, 5.74) is 2.13. The number of carbonyl (C=O) groups is 1. The molecule has 0 aliphatic heterocycles. The first-order valence-electron chi connectivity index (χ1n) is 10.5. The highest BCUT2D eigenvalue weighted by atomic mass is 79.9. The van der Waals surface area contributed by atoms with E-state index < -0.39 is 0 Å². The largest absolute Gasteiger partial charge is 0.465 e. The first kappa shape index (κ1) is 22.0. The third-order valence-corrected chi connectivity index (χ3v) is 5.58. The Bertz CT molecular complexity index is 1390. The van der Waals surface area contributed by atoms with Gasteiger partial charge in [0.05, 0.1) is 23.7 Å². The van der Waals surface area contributed by atoms with Crippen molar-refractivity contribution in [1.82, 2.24) is 14.2 Å². The maximum absolute atomic E-state index is 13.2. The number of benzene rings is 2. The molecule has 0 aliphatic carbocycles. The monoisotopic (exact) mass is 494 g/mol. The smallest absolute Gasteiger partial charge is 0.325 e. The molecule has 32 heavy (non-hydrogen) atoms. The third-order valence-electron chi connectivity index (χ3n) is 5.09. The minimum absolute atomic E-state index is 0.106. The number of rotatable bonds is 7. The fraction of sp³-hybridized carbons (Fsp3) is 0.250. The van der Waals surface area contributed by atoms with Crippen molar-refractivity contribution in [2.75, 3.05) is 6.61 Å². The highest BCUT2D eigenvalue weighted by Gasteiger charge is 2.13. The molecule has 0 spiro atoms. The van der Waals surface area contributed by atoms with Crippen LogP contribution in [0.2, 0.25) is 0 Å². The second-order valence-corrected chi connectivity index (χ2v) is 8.25. The van der Waals surface area contributed by atoms with Gasteiger partial charge in [-0.25, -0.2) is 4.98 Å². The zero-order chi connectivity index (χ0) is 22.7. The molecule has 0 fully saturated rings. The third kappa shape index (κ3) is 4.36. The highest BCUT2D eigenvalue weighted by Crippen LogP contribution is 2.21. The molecule has 0 aliphatic rings. The predicted octanol–water partition coefficient (Wildman–Crippen LogP) is 4.51. The SMILES string of the molecule is CCCc1nc2ccc(Br)cc2c(=O)n1N=Cc1cn(CC(=O)OCC)c2ccccc12. The molecular formula is C24H23BrN4O3. The van der Waals surface area contributed by atoms with Crippen molar-refractivity contribution in [1.29, 1.82) is 0 Å². The Balaban J connectivity index is 1.81. The molecule has 0 bridgehead atoms. The van der Waals surface area contributed by atoms with Crippen molar-refractivity contribution in [3.63, 3.8) is 0 Å². The zero-order valence-corrected chi connectivity index (χ0v) is 19.5. The van der Waals surface area contributed by atoms with Gasteiger partial charge in [0.25, 0.3) is 5.56 Å². The van der Waals surface area contributed by atoms with Crippen LogP contribution in [0.25, 0.3) is 21.8 Å². The van der Waals surface area contributed by atoms with Gasteiger partial charge in [-0.05, 0) is 37.6 Å². The van der Waals surface area contributed by atoms with Crippen molar-refractivity contribution in [2.45, 2.75) is 33.2 Å². The molecule has 2 aromatic heterocycles. The van der Waals surface area contributed by atoms with E-state index in [9.17, 15) is 9.59 Å². The van der Waals surface area contributed by atoms with E-state index in [4.69, 9.17) is 4.74 Å². The van der Waals surface area contributed by atoms with Gasteiger partial charge in [0.2, 0.25) is 0 Å². The molecule has 0 radical (unpaired) electrons. The van der Waals surface area contributed by atoms with Crippen LogP contribution in [0.4, 0.5) is 0 Å². The number of ether oxygens (including phenoxy) is 1. The van der Waals surface area contributed by atoms with Gasteiger partial charge in [-0.2, -0.15) is 9.78 Å². The van der Waals surface area contributed by atoms with Crippen LogP contribution < -0.4 is 5.56 Å². The van der Waals surface area contributed by atoms with Crippen LogP contribution in [0.1, 0.15) is 31.7 Å². The summed E-state index contributed by atoms with van der Waals surface area (Å²) in [6, 6.07) is 13.2. The number of para-hydroxylation sites is 1. The van der Waals surface area contributed by atoms with E-state index in [-0.39, 0.29) is 18.1 Å². The molecule has 2 heterocycles. The van der Waals surface area contributed by atoms with Crippen LogP contribution in [0, 0.1) is 0 Å². The van der Waals surface area contributed by atoms with Gasteiger partial charge in [-0.3, -0.25) is 9.59 Å². The van der Waals surface area contributed by atoms with Crippen LogP contribution in [0.3, 0.4) is 0 Å². The van der Waals surface area contributed by atoms with Crippen LogP contribution >= 0.6 is 15.9 Å². The van der Waals surface area contributed by atoms with E-state index in [1.165, 1.54) is 4.68 Å². The number of esters is 1. The Hall–Kier alpha value is -3.26. The number of nitrogens with zero attached hydrogens (tertiary/aromatic N) is 4. The first-order valence-corrected chi connectivity index (χ1v) is 11.3. The molecule has 4 rings (SSSR count). The van der Waals surface area contributed by atoms with E-state index in [0.29, 0.717) is 29.8 Å². The summed E-state index contributed by atoms with van der Waals surface area (Å²) in [6.45, 7) is 4.26. The number of halogens is 1. The molecule has 0 saturated heterocycles. The number of aromatic nitrogens is 3. The van der Waals surface area contributed by atoms with E-state index in [1.807, 2.05) is 54.1 Å². The summed E-state index contributed by atoms with van der Waals surface area (Å²) in [5, 5.41) is 5.96. The van der Waals surface area contributed by atoms with Gasteiger partial charge in [0, 0.05) is 33.6 Å². The molecule has 4 aromatic rings. The fourth-order valence-electron chi connectivity index (χ4n) is 3.67. The van der Waals surface area contributed by atoms with Crippen molar-refractivity contribution < 1.29 is 9.53 Å². The number of fused-ring (bicyclic) bond motifs is 2. The molecule has 2 aromatic carbocycles. The Morgan fingerprint density at radius 1 is 1.19 bits per heavy atom. The van der Waals surface area contributed by atoms with Gasteiger partial charge >= 0.3 is 5.97 Å². The summed E-state index contributed by atoms with van der Waals surface area (Å²) < 4.78 is 9.11. The number of aryl methyl sites for hydroxylation is 1. The number of hydrogen-bond donors (Lipinski definition) is 0. The van der Waals surface area contributed by atoms with E-state index in [1.54, 1.807) is 19.2 Å². The molecule has 8 heteroatoms. The fourth-order valence-corrected chi connectivity index (χ4v) is 4.03. The van der Waals surface area contributed by atoms with Crippen LogP contribution in [0.5, 0.6) is 0 Å². The Morgan fingerprint density at radius 2 is 2.00 bits per heavy atom. The molecular weight excluding hydrogens is 472 g/mol. The van der Waals surface area contributed by atoms with Crippen molar-refractivity contribution in [2.24, 2.45) is 5.10 Å². The Morgan fingerprint density at radius 3 is 2.78 bits per heavy atom. The van der Waals surface area contributed by atoms with Crippen LogP contribution in [-0.2, 0) is 22.5 Å². The van der Waals surface area contributed by atoms with Gasteiger partial charge in [-0.1, -0.05) is 41.1 Å². The summed E-state index contributed by atoms with van der Waals surface area (Å²) in [5.74, 6) is 0.307. The van der Waals surface area contributed by atoms with Gasteiger partial charge in [0.15, 0.2) is 0 Å². The lowest BCUT2D eigenvalue weighted by molar-refractivity contribution is -0.143. The molecule has 0 saturated carbocycles. The number of carbonyl (C=O) groups excluding carboxylic acids is 1. The molecule has 0 amide bonds. The van der Waals surface area contributed by atoms with Gasteiger partial charge in [0.1, 0.15) is 12.4 Å². The quantitative estimate of drug-likeness (QED) is 0.279. The van der Waals surface area contributed by atoms with E-state index in [2.05, 4.69) is 26.0 Å². The van der Waals surface area contributed by atoms with Gasteiger partial charge in [-0.15, -0.1) is 0 Å². The second-order valence-electron chi connectivity index (χ2n) is 7.34. The van der Waals surface area contributed by atoms with Crippen LogP contribution in [-0.4, -0.2) is 33.0 Å². The lowest BCUT2D eigenvalue weighted by atomic mass is 10.2. The average molecular weight is 495 g/mol. The summed E-state index contributed by atoms with van der Waals surface area (Å²) in [6.07, 6.45) is 4.96. The second kappa shape index (κ2) is 9.48. The van der Waals surface area contributed by atoms with E-state index >= 15 is 0 Å². The number of hydrogen-bond acceptors (Lipinski definition) is 5. The maximum atomic E-state index is 13.2. The molecule has 7 nitrogen and oxygen atoms in total. The lowest BCUT2D eigenvalue weighted by Gasteiger charge is -2.08. The normalized spacial score (nSPS) is 11.6. The Labute approximate surface area is 193 Å². The van der Waals surface area contributed by atoms with Gasteiger partial charge < -0.3 is 9.30 Å². The van der Waals surface area contributed by atoms with Crippen molar-refractivity contribution in [3.8, 4) is 0 Å². The summed E-state index contributed by atoms with van der Waals surface area (Å²) in [7, 11) is 0. The highest BCUT2D eigenvalue weighted by molar-refractivity contribution is 9.10. The molecule has 164 valence electrons. The first-order chi connectivity index (χ1) is 15.5. The average Bonchev–Trinajstić information content (AvgIpc) is 3.12. The van der Waals surface area contributed by atoms with E-state index in [0.717, 1.165) is 27.4 Å². The molecule has 0 unspecified atom stereocenters. The van der Waals surface area contributed by atoms with Crippen LogP contribution in [0.15, 0.2) is 63.0 Å². The minimum Gasteiger partial charge on any atom is -0.465 e. The summed E-state index contributed by atoms with van der Waals surface area (Å²) in [4.78, 5) is 29.9. The standard InChI is InChI=1S/C24H23BrN4O3/c1-3-7-22-27-20-11-10-17(25)12-19(20)24(31)29(22)26-13-16-14-28(15-23(30)32-4-2)21-9-6-5-8-18(16)21/h5-6,8-14H,3-4,7,15H2,1-2H3. The maximum Gasteiger partial charge on any atom is 0.325 e. The molecule has 0 atom stereocenters. The topological polar surface area (TPSA) is 78.5 Å². The minimum atomic E-state index is -0.303.